The standard InChI is InChI=1S/C13H9NO/c14-11-6-4-8-2-1-3-10-12(15)7-5-9(11)13(8)10/h1-7H,14H2. The van der Waals surface area contributed by atoms with Crippen LogP contribution in [0.25, 0.3) is 16.8 Å². The van der Waals surface area contributed by atoms with Crippen molar-refractivity contribution in [2.75, 3.05) is 5.73 Å². The zero-order valence-corrected chi connectivity index (χ0v) is 8.03. The van der Waals surface area contributed by atoms with Gasteiger partial charge >= 0.3 is 0 Å². The first kappa shape index (κ1) is 8.24. The van der Waals surface area contributed by atoms with Crippen LogP contribution in [0.15, 0.2) is 36.4 Å². The lowest BCUT2D eigenvalue weighted by atomic mass is 9.91. The van der Waals surface area contributed by atoms with Gasteiger partial charge in [0, 0.05) is 22.2 Å². The van der Waals surface area contributed by atoms with Crippen molar-refractivity contribution in [3.8, 4) is 0 Å². The topological polar surface area (TPSA) is 43.1 Å². The number of ketones is 1. The second-order valence-corrected chi connectivity index (χ2v) is 3.67. The third-order valence-corrected chi connectivity index (χ3v) is 2.79. The molecule has 1 aliphatic carbocycles. The van der Waals surface area contributed by atoms with Crippen LogP contribution in [0.1, 0.15) is 15.9 Å². The molecule has 0 unspecified atom stereocenters. The summed E-state index contributed by atoms with van der Waals surface area (Å²) < 4.78 is 0. The molecule has 0 spiro atoms. The van der Waals surface area contributed by atoms with Crippen molar-refractivity contribution in [1.82, 2.24) is 0 Å². The number of allylic oxidation sites excluding steroid dienone is 1. The fraction of sp³-hybridized carbons (Fsp3) is 0. The van der Waals surface area contributed by atoms with Crippen LogP contribution >= 0.6 is 0 Å². The average Bonchev–Trinajstić information content (AvgIpc) is 2.26. The maximum absolute atomic E-state index is 11.7. The predicted octanol–water partition coefficient (Wildman–Crippen LogP) is 2.63. The molecule has 2 N–H and O–H groups in total. The number of hydrogen-bond donors (Lipinski definition) is 1. The summed E-state index contributed by atoms with van der Waals surface area (Å²) in [7, 11) is 0. The van der Waals surface area contributed by atoms with Gasteiger partial charge in [-0.25, -0.2) is 0 Å². The Hall–Kier alpha value is -2.09. The second kappa shape index (κ2) is 2.70. The molecule has 0 atom stereocenters. The Morgan fingerprint density at radius 3 is 2.73 bits per heavy atom. The van der Waals surface area contributed by atoms with Gasteiger partial charge in [0.15, 0.2) is 5.78 Å². The average molecular weight is 195 g/mol. The van der Waals surface area contributed by atoms with E-state index >= 15 is 0 Å². The molecule has 0 aliphatic heterocycles. The molecule has 72 valence electrons. The van der Waals surface area contributed by atoms with Gasteiger partial charge in [-0.3, -0.25) is 4.79 Å². The molecule has 2 heteroatoms. The van der Waals surface area contributed by atoms with Crippen molar-refractivity contribution in [3.63, 3.8) is 0 Å². The van der Waals surface area contributed by atoms with Gasteiger partial charge in [0.05, 0.1) is 0 Å². The Kier molecular flexibility index (Phi) is 1.48. The molecule has 3 rings (SSSR count). The third kappa shape index (κ3) is 1.02. The molecule has 0 saturated heterocycles. The van der Waals surface area contributed by atoms with Crippen molar-refractivity contribution in [1.29, 1.82) is 0 Å². The molecule has 0 bridgehead atoms. The number of benzene rings is 2. The third-order valence-electron chi connectivity index (χ3n) is 2.79. The number of nitrogen functional groups attached to an aromatic ring is 1. The molecule has 2 nitrogen and oxygen atoms in total. The Labute approximate surface area is 87.0 Å². The van der Waals surface area contributed by atoms with Crippen molar-refractivity contribution in [3.05, 3.63) is 47.5 Å². The van der Waals surface area contributed by atoms with E-state index < -0.39 is 0 Å². The van der Waals surface area contributed by atoms with Crippen LogP contribution in [-0.2, 0) is 0 Å². The molecule has 0 fully saturated rings. The van der Waals surface area contributed by atoms with E-state index in [1.54, 1.807) is 12.2 Å². The first-order chi connectivity index (χ1) is 7.27. The number of anilines is 1. The molecule has 2 aromatic rings. The van der Waals surface area contributed by atoms with Gasteiger partial charge in [0.25, 0.3) is 0 Å². The van der Waals surface area contributed by atoms with Crippen molar-refractivity contribution >= 4 is 28.3 Å². The van der Waals surface area contributed by atoms with Crippen molar-refractivity contribution in [2.45, 2.75) is 0 Å². The van der Waals surface area contributed by atoms with Gasteiger partial charge in [-0.05, 0) is 23.6 Å². The van der Waals surface area contributed by atoms with Crippen LogP contribution in [0.4, 0.5) is 5.69 Å². The minimum atomic E-state index is 0.0544. The predicted molar refractivity (Wildman–Crippen MR) is 61.7 cm³/mol. The molecule has 0 radical (unpaired) electrons. The summed E-state index contributed by atoms with van der Waals surface area (Å²) in [5.74, 6) is 0.0544. The molecule has 2 aromatic carbocycles. The first-order valence-corrected chi connectivity index (χ1v) is 4.81. The monoisotopic (exact) mass is 195 g/mol. The highest BCUT2D eigenvalue weighted by Gasteiger charge is 2.15. The number of nitrogens with two attached hydrogens (primary N) is 1. The fourth-order valence-electron chi connectivity index (χ4n) is 2.06. The molecule has 1 aliphatic rings. The van der Waals surface area contributed by atoms with Gasteiger partial charge in [0.1, 0.15) is 0 Å². The van der Waals surface area contributed by atoms with E-state index in [1.807, 2.05) is 30.3 Å². The Morgan fingerprint density at radius 1 is 1.00 bits per heavy atom. The minimum absolute atomic E-state index is 0.0544. The number of carbonyl (C=O) groups excluding carboxylic acids is 1. The molecular formula is C13H9NO. The lowest BCUT2D eigenvalue weighted by Gasteiger charge is -2.13. The van der Waals surface area contributed by atoms with Crippen LogP contribution < -0.4 is 5.73 Å². The van der Waals surface area contributed by atoms with Crippen molar-refractivity contribution in [2.24, 2.45) is 0 Å². The van der Waals surface area contributed by atoms with Crippen LogP contribution in [0.3, 0.4) is 0 Å². The van der Waals surface area contributed by atoms with Crippen LogP contribution in [0.2, 0.25) is 0 Å². The van der Waals surface area contributed by atoms with Crippen molar-refractivity contribution < 1.29 is 4.79 Å². The Bertz CT molecular complexity index is 611. The normalized spacial score (nSPS) is 13.5. The summed E-state index contributed by atoms with van der Waals surface area (Å²) in [5, 5.41) is 2.04. The smallest absolute Gasteiger partial charge is 0.186 e. The molecule has 0 amide bonds. The van der Waals surface area contributed by atoms with E-state index in [4.69, 9.17) is 5.73 Å². The van der Waals surface area contributed by atoms with E-state index in [2.05, 4.69) is 0 Å². The van der Waals surface area contributed by atoms with E-state index in [1.165, 1.54) is 0 Å². The number of rotatable bonds is 0. The summed E-state index contributed by atoms with van der Waals surface area (Å²) in [5.41, 5.74) is 8.31. The highest BCUT2D eigenvalue weighted by atomic mass is 16.1. The lowest BCUT2D eigenvalue weighted by molar-refractivity contribution is 0.104. The van der Waals surface area contributed by atoms with Crippen LogP contribution in [0, 0.1) is 0 Å². The van der Waals surface area contributed by atoms with Crippen LogP contribution in [-0.4, -0.2) is 5.78 Å². The Balaban J connectivity index is 2.59. The quantitative estimate of drug-likeness (QED) is 0.656. The highest BCUT2D eigenvalue weighted by Crippen LogP contribution is 2.31. The maximum atomic E-state index is 11.7. The molecule has 0 heterocycles. The summed E-state index contributed by atoms with van der Waals surface area (Å²) in [6.07, 6.45) is 3.38. The highest BCUT2D eigenvalue weighted by molar-refractivity contribution is 6.20. The summed E-state index contributed by atoms with van der Waals surface area (Å²) >= 11 is 0. The molecule has 0 aromatic heterocycles. The first-order valence-electron chi connectivity index (χ1n) is 4.81. The van der Waals surface area contributed by atoms with E-state index in [0.29, 0.717) is 0 Å². The zero-order valence-electron chi connectivity index (χ0n) is 8.03. The van der Waals surface area contributed by atoms with E-state index in [0.717, 1.165) is 27.6 Å². The van der Waals surface area contributed by atoms with E-state index in [-0.39, 0.29) is 5.78 Å². The molecule has 15 heavy (non-hydrogen) atoms. The largest absolute Gasteiger partial charge is 0.398 e. The number of carbonyl (C=O) groups is 1. The Morgan fingerprint density at radius 2 is 1.87 bits per heavy atom. The molecule has 0 saturated carbocycles. The van der Waals surface area contributed by atoms with Gasteiger partial charge in [0.2, 0.25) is 0 Å². The van der Waals surface area contributed by atoms with E-state index in [9.17, 15) is 4.79 Å². The zero-order chi connectivity index (χ0) is 10.4. The van der Waals surface area contributed by atoms with Gasteiger partial charge in [-0.15, -0.1) is 0 Å². The maximum Gasteiger partial charge on any atom is 0.186 e. The summed E-state index contributed by atoms with van der Waals surface area (Å²) in [6.45, 7) is 0. The minimum Gasteiger partial charge on any atom is -0.398 e. The number of hydrogen-bond acceptors (Lipinski definition) is 2. The lowest BCUT2D eigenvalue weighted by Crippen LogP contribution is -2.03. The van der Waals surface area contributed by atoms with Gasteiger partial charge < -0.3 is 5.73 Å². The second-order valence-electron chi connectivity index (χ2n) is 3.67. The summed E-state index contributed by atoms with van der Waals surface area (Å²) in [4.78, 5) is 11.7. The fourth-order valence-corrected chi connectivity index (χ4v) is 2.06. The van der Waals surface area contributed by atoms with Crippen LogP contribution in [0.5, 0.6) is 0 Å². The SMILES string of the molecule is Nc1ccc2cccc3c2c1C=CC3=O. The van der Waals surface area contributed by atoms with Gasteiger partial charge in [-0.1, -0.05) is 24.3 Å². The summed E-state index contributed by atoms with van der Waals surface area (Å²) in [6, 6.07) is 9.56. The van der Waals surface area contributed by atoms with Gasteiger partial charge in [-0.2, -0.15) is 0 Å². The molecular weight excluding hydrogens is 186 g/mol.